The first-order valence-electron chi connectivity index (χ1n) is 12.2. The number of sulfonamides is 1. The molecule has 1 saturated heterocycles. The second-order valence-corrected chi connectivity index (χ2v) is 11.5. The van der Waals surface area contributed by atoms with Gasteiger partial charge in [-0.1, -0.05) is 13.0 Å². The summed E-state index contributed by atoms with van der Waals surface area (Å²) >= 11 is 0. The molecule has 10 nitrogen and oxygen atoms in total. The van der Waals surface area contributed by atoms with Gasteiger partial charge in [0.15, 0.2) is 5.65 Å². The van der Waals surface area contributed by atoms with E-state index in [0.717, 1.165) is 50.0 Å². The van der Waals surface area contributed by atoms with Gasteiger partial charge in [-0.3, -0.25) is 14.5 Å². The van der Waals surface area contributed by atoms with Gasteiger partial charge < -0.3 is 4.90 Å². The first kappa shape index (κ1) is 23.7. The third-order valence-corrected chi connectivity index (χ3v) is 8.78. The highest BCUT2D eigenvalue weighted by Crippen LogP contribution is 2.36. The summed E-state index contributed by atoms with van der Waals surface area (Å²) in [7, 11) is -3.85. The van der Waals surface area contributed by atoms with Gasteiger partial charge in [-0.15, -0.1) is 10.2 Å². The summed E-state index contributed by atoms with van der Waals surface area (Å²) in [5, 5.41) is 20.6. The summed E-state index contributed by atoms with van der Waals surface area (Å²) in [6, 6.07) is 9.83. The highest BCUT2D eigenvalue weighted by Gasteiger charge is 2.31. The van der Waals surface area contributed by atoms with E-state index in [1.165, 1.54) is 12.1 Å². The fourth-order valence-corrected chi connectivity index (χ4v) is 6.62. The van der Waals surface area contributed by atoms with Crippen LogP contribution in [0.1, 0.15) is 57.2 Å². The minimum Gasteiger partial charge on any atom is -0.365 e. The van der Waals surface area contributed by atoms with Gasteiger partial charge in [0.25, 0.3) is 5.69 Å². The third kappa shape index (κ3) is 4.87. The number of aromatic nitrogens is 3. The molecule has 2 aromatic heterocycles. The van der Waals surface area contributed by atoms with E-state index in [0.29, 0.717) is 24.7 Å². The van der Waals surface area contributed by atoms with Crippen LogP contribution in [0.15, 0.2) is 47.5 Å². The molecule has 1 atom stereocenters. The highest BCUT2D eigenvalue weighted by atomic mass is 32.2. The van der Waals surface area contributed by atoms with Crippen molar-refractivity contribution < 1.29 is 13.3 Å². The molecule has 1 aliphatic heterocycles. The van der Waals surface area contributed by atoms with Gasteiger partial charge in [-0.05, 0) is 68.7 Å². The van der Waals surface area contributed by atoms with Crippen LogP contribution < -0.4 is 9.62 Å². The molecule has 1 aromatic carbocycles. The van der Waals surface area contributed by atoms with Crippen LogP contribution in [0.5, 0.6) is 0 Å². The van der Waals surface area contributed by atoms with Crippen molar-refractivity contribution in [2.75, 3.05) is 18.0 Å². The first-order chi connectivity index (χ1) is 16.8. The predicted octanol–water partition coefficient (Wildman–Crippen LogP) is 3.88. The number of nitrogens with one attached hydrogen (secondary N) is 1. The van der Waals surface area contributed by atoms with Crippen LogP contribution in [-0.4, -0.2) is 47.1 Å². The molecule has 186 valence electrons. The molecule has 0 unspecified atom stereocenters. The van der Waals surface area contributed by atoms with Crippen LogP contribution in [0.3, 0.4) is 0 Å². The number of benzene rings is 1. The van der Waals surface area contributed by atoms with E-state index in [4.69, 9.17) is 0 Å². The molecule has 11 heteroatoms. The molecular weight excluding hydrogens is 468 g/mol. The van der Waals surface area contributed by atoms with Gasteiger partial charge in [0.05, 0.1) is 9.82 Å². The Hall–Kier alpha value is -3.05. The van der Waals surface area contributed by atoms with E-state index < -0.39 is 14.9 Å². The topological polar surface area (TPSA) is 123 Å². The van der Waals surface area contributed by atoms with Crippen molar-refractivity contribution in [1.29, 1.82) is 0 Å². The highest BCUT2D eigenvalue weighted by molar-refractivity contribution is 7.89. The number of pyridine rings is 1. The summed E-state index contributed by atoms with van der Waals surface area (Å²) in [5.74, 6) is 1.48. The maximum Gasteiger partial charge on any atom is 0.293 e. The van der Waals surface area contributed by atoms with E-state index in [1.54, 1.807) is 6.07 Å². The smallest absolute Gasteiger partial charge is 0.293 e. The molecule has 3 aromatic rings. The lowest BCUT2D eigenvalue weighted by atomic mass is 9.88. The Morgan fingerprint density at radius 3 is 2.66 bits per heavy atom. The van der Waals surface area contributed by atoms with E-state index in [9.17, 15) is 18.5 Å². The van der Waals surface area contributed by atoms with Crippen LogP contribution in [0.4, 0.5) is 11.4 Å². The van der Waals surface area contributed by atoms with Gasteiger partial charge in [0.1, 0.15) is 11.5 Å². The molecule has 1 N–H and O–H groups in total. The second-order valence-electron chi connectivity index (χ2n) is 9.76. The molecule has 0 spiro atoms. The Balaban J connectivity index is 1.39. The number of anilines is 1. The van der Waals surface area contributed by atoms with Crippen molar-refractivity contribution in [2.24, 2.45) is 5.92 Å². The number of hydrogen-bond donors (Lipinski definition) is 1. The molecule has 0 bridgehead atoms. The first-order valence-corrected chi connectivity index (χ1v) is 13.7. The Bertz CT molecular complexity index is 1330. The lowest BCUT2D eigenvalue weighted by Gasteiger charge is -2.33. The number of hydrogen-bond acceptors (Lipinski definition) is 7. The van der Waals surface area contributed by atoms with Crippen molar-refractivity contribution in [1.82, 2.24) is 19.3 Å². The van der Waals surface area contributed by atoms with Gasteiger partial charge in [-0.25, -0.2) is 13.1 Å². The fraction of sp³-hybridized carbons (Fsp3) is 0.500. The van der Waals surface area contributed by atoms with Crippen molar-refractivity contribution in [3.05, 3.63) is 58.5 Å². The summed E-state index contributed by atoms with van der Waals surface area (Å²) in [6.07, 6.45) is 7.18. The zero-order valence-corrected chi connectivity index (χ0v) is 20.5. The monoisotopic (exact) mass is 498 g/mol. The molecule has 1 saturated carbocycles. The molecule has 5 rings (SSSR count). The van der Waals surface area contributed by atoms with Gasteiger partial charge in [0, 0.05) is 37.3 Å². The van der Waals surface area contributed by atoms with Crippen molar-refractivity contribution in [2.45, 2.75) is 62.3 Å². The van der Waals surface area contributed by atoms with E-state index in [2.05, 4.69) is 21.8 Å². The number of piperidine rings is 1. The van der Waals surface area contributed by atoms with Crippen LogP contribution in [0, 0.1) is 16.0 Å². The zero-order valence-electron chi connectivity index (χ0n) is 19.7. The normalized spacial score (nSPS) is 23.5. The Morgan fingerprint density at radius 1 is 1.09 bits per heavy atom. The van der Waals surface area contributed by atoms with Crippen molar-refractivity contribution in [3.8, 4) is 0 Å². The number of nitro benzene ring substituents is 1. The average molecular weight is 499 g/mol. The van der Waals surface area contributed by atoms with Gasteiger partial charge in [0.2, 0.25) is 10.0 Å². The number of fused-ring (bicyclic) bond motifs is 1. The molecular formula is C24H30N6O4S. The summed E-state index contributed by atoms with van der Waals surface area (Å²) in [5.41, 5.74) is 0.996. The van der Waals surface area contributed by atoms with E-state index >= 15 is 0 Å². The van der Waals surface area contributed by atoms with E-state index in [1.807, 2.05) is 33.7 Å². The van der Waals surface area contributed by atoms with E-state index in [-0.39, 0.29) is 22.5 Å². The predicted molar refractivity (Wildman–Crippen MR) is 132 cm³/mol. The maximum atomic E-state index is 13.0. The number of nitrogens with zero attached hydrogens (tertiary/aromatic N) is 5. The third-order valence-electron chi connectivity index (χ3n) is 7.26. The maximum absolute atomic E-state index is 13.0. The zero-order chi connectivity index (χ0) is 24.6. The fourth-order valence-electron chi connectivity index (χ4n) is 5.29. The molecule has 2 aliphatic rings. The van der Waals surface area contributed by atoms with Crippen LogP contribution in [0.25, 0.3) is 5.65 Å². The summed E-state index contributed by atoms with van der Waals surface area (Å²) in [6.45, 7) is 3.36. The Kier molecular flexibility index (Phi) is 6.45. The SMILES string of the molecule is CC1CCC(NS(=O)(=O)c2ccc(N3CCC[C@H](c4nnc5ccccn45)C3)c([N+](=O)[O-])c2)CC1. The standard InChI is InChI=1S/C24H30N6O4S/c1-17-7-9-19(10-8-17)27-35(33,34)20-11-12-21(22(15-20)30(31)32)28-13-4-5-18(16-28)24-26-25-23-6-2-3-14-29(23)24/h2-3,6,11-12,14-15,17-19,27H,4-5,7-10,13,16H2,1H3/t17?,18-,19?/m0/s1. The van der Waals surface area contributed by atoms with Crippen LogP contribution >= 0.6 is 0 Å². The van der Waals surface area contributed by atoms with Crippen LogP contribution in [0.2, 0.25) is 0 Å². The molecule has 2 fully saturated rings. The Morgan fingerprint density at radius 2 is 1.89 bits per heavy atom. The van der Waals surface area contributed by atoms with Crippen LogP contribution in [-0.2, 0) is 10.0 Å². The van der Waals surface area contributed by atoms with Crippen molar-refractivity contribution in [3.63, 3.8) is 0 Å². The van der Waals surface area contributed by atoms with Gasteiger partial charge >= 0.3 is 0 Å². The largest absolute Gasteiger partial charge is 0.365 e. The lowest BCUT2D eigenvalue weighted by molar-refractivity contribution is -0.384. The molecule has 0 radical (unpaired) electrons. The second kappa shape index (κ2) is 9.54. The summed E-state index contributed by atoms with van der Waals surface area (Å²) < 4.78 is 30.7. The Labute approximate surface area is 204 Å². The molecule has 35 heavy (non-hydrogen) atoms. The number of nitro groups is 1. The van der Waals surface area contributed by atoms with Crippen molar-refractivity contribution >= 4 is 27.0 Å². The molecule has 3 heterocycles. The minimum atomic E-state index is -3.85. The molecule has 1 aliphatic carbocycles. The van der Waals surface area contributed by atoms with Gasteiger partial charge in [-0.2, -0.15) is 0 Å². The average Bonchev–Trinajstić information content (AvgIpc) is 3.29. The minimum absolute atomic E-state index is 0.0551. The summed E-state index contributed by atoms with van der Waals surface area (Å²) in [4.78, 5) is 13.4. The quantitative estimate of drug-likeness (QED) is 0.404. The lowest BCUT2D eigenvalue weighted by Crippen LogP contribution is -2.37. The number of rotatable bonds is 6. The molecule has 0 amide bonds.